The predicted molar refractivity (Wildman–Crippen MR) is 140 cm³/mol. The second-order valence-electron chi connectivity index (χ2n) is 13.6. The number of fused-ring (bicyclic) bond motifs is 1. The maximum absolute atomic E-state index is 7.30. The lowest BCUT2D eigenvalue weighted by molar-refractivity contribution is -0.0928. The van der Waals surface area contributed by atoms with Gasteiger partial charge in [-0.25, -0.2) is 0 Å². The average Bonchev–Trinajstić information content (AvgIpc) is 3.11. The normalized spacial score (nSPS) is 34.9. The average molecular weight is 463 g/mol. The van der Waals surface area contributed by atoms with Crippen molar-refractivity contribution < 1.29 is 8.85 Å². The molecule has 0 N–H and O–H groups in total. The number of rotatable bonds is 8. The Kier molecular flexibility index (Phi) is 7.34. The third kappa shape index (κ3) is 4.95. The molecule has 0 aromatic heterocycles. The van der Waals surface area contributed by atoms with Crippen molar-refractivity contribution in [3.05, 3.63) is 12.7 Å². The van der Waals surface area contributed by atoms with Crippen LogP contribution in [0.15, 0.2) is 12.7 Å². The molecule has 0 amide bonds. The molecule has 0 aromatic carbocycles. The first kappa shape index (κ1) is 26.9. The Morgan fingerprint density at radius 3 is 2.16 bits per heavy atom. The van der Waals surface area contributed by atoms with Crippen LogP contribution in [-0.2, 0) is 8.85 Å². The molecule has 2 aliphatic carbocycles. The number of allylic oxidation sites excluding steroid dienone is 1. The summed E-state index contributed by atoms with van der Waals surface area (Å²) in [5, 5.41) is 0.149. The third-order valence-electron chi connectivity index (χ3n) is 8.75. The second-order valence-corrected chi connectivity index (χ2v) is 22.8. The summed E-state index contributed by atoms with van der Waals surface area (Å²) >= 11 is 0. The van der Waals surface area contributed by atoms with Crippen molar-refractivity contribution in [2.45, 2.75) is 111 Å². The lowest BCUT2D eigenvalue weighted by Crippen LogP contribution is -2.61. The first-order valence-electron chi connectivity index (χ1n) is 12.3. The van der Waals surface area contributed by atoms with Gasteiger partial charge in [0.2, 0.25) is 0 Å². The van der Waals surface area contributed by atoms with Gasteiger partial charge in [-0.15, -0.1) is 13.0 Å². The lowest BCUT2D eigenvalue weighted by Gasteiger charge is -2.53. The quantitative estimate of drug-likeness (QED) is 0.209. The fraction of sp³-hybridized carbons (Fsp3) is 0.852. The van der Waals surface area contributed by atoms with E-state index in [1.165, 1.54) is 0 Å². The molecule has 0 aliphatic heterocycles. The van der Waals surface area contributed by atoms with Crippen LogP contribution in [0.25, 0.3) is 0 Å². The van der Waals surface area contributed by atoms with E-state index in [0.29, 0.717) is 29.1 Å². The van der Waals surface area contributed by atoms with E-state index in [4.69, 9.17) is 15.3 Å². The molecule has 0 bridgehead atoms. The van der Waals surface area contributed by atoms with E-state index in [1.54, 1.807) is 0 Å². The Labute approximate surface area is 196 Å². The van der Waals surface area contributed by atoms with Gasteiger partial charge in [-0.2, -0.15) is 0 Å². The molecule has 0 saturated heterocycles. The molecule has 0 spiro atoms. The molecule has 31 heavy (non-hydrogen) atoms. The molecule has 2 rings (SSSR count). The number of terminal acetylenes is 1. The van der Waals surface area contributed by atoms with Gasteiger partial charge in [-0.05, 0) is 79.7 Å². The molecule has 178 valence electrons. The maximum atomic E-state index is 7.30. The first-order valence-corrected chi connectivity index (χ1v) is 18.6. The standard InChI is InChI=1S/C27H50O2Si2/c1-15-17-19(3)24(28-31(13,14)25(5,6)7)23-22-21(26(22,8)9)18-20(4)27(23,16-2)29-30(10,11)12/h2,15,19-24H,1,17-18H2,3-14H3/t19-,20-,21-,22?,23-,24-,27-/m1/s1. The van der Waals surface area contributed by atoms with E-state index in [1.807, 2.05) is 6.08 Å². The third-order valence-corrected chi connectivity index (χ3v) is 14.2. The molecule has 4 heteroatoms. The molecule has 0 heterocycles. The zero-order chi connectivity index (χ0) is 24.2. The van der Waals surface area contributed by atoms with Gasteiger partial charge in [0.15, 0.2) is 16.6 Å². The second kappa shape index (κ2) is 8.46. The summed E-state index contributed by atoms with van der Waals surface area (Å²) in [5.41, 5.74) is -0.259. The Hall–Kier alpha value is -0.346. The number of hydrogen-bond acceptors (Lipinski definition) is 2. The van der Waals surface area contributed by atoms with Crippen molar-refractivity contribution in [3.63, 3.8) is 0 Å². The lowest BCUT2D eigenvalue weighted by atomic mass is 9.65. The fourth-order valence-electron chi connectivity index (χ4n) is 5.95. The van der Waals surface area contributed by atoms with Crippen LogP contribution in [0, 0.1) is 47.3 Å². The minimum Gasteiger partial charge on any atom is -0.413 e. The summed E-state index contributed by atoms with van der Waals surface area (Å²) in [6.07, 6.45) is 10.7. The van der Waals surface area contributed by atoms with Crippen molar-refractivity contribution in [1.29, 1.82) is 0 Å². The highest BCUT2D eigenvalue weighted by molar-refractivity contribution is 6.74. The summed E-state index contributed by atoms with van der Waals surface area (Å²) in [7, 11) is -3.88. The number of hydrogen-bond donors (Lipinski definition) is 0. The molecule has 7 atom stereocenters. The zero-order valence-electron chi connectivity index (χ0n) is 22.6. The molecule has 2 aliphatic rings. The maximum Gasteiger partial charge on any atom is 0.192 e. The van der Waals surface area contributed by atoms with E-state index >= 15 is 0 Å². The first-order chi connectivity index (χ1) is 13.9. The topological polar surface area (TPSA) is 18.5 Å². The van der Waals surface area contributed by atoms with Gasteiger partial charge in [0.25, 0.3) is 0 Å². The summed E-state index contributed by atoms with van der Waals surface area (Å²) < 4.78 is 14.4. The molecule has 2 nitrogen and oxygen atoms in total. The Morgan fingerprint density at radius 2 is 1.74 bits per heavy atom. The zero-order valence-corrected chi connectivity index (χ0v) is 24.6. The van der Waals surface area contributed by atoms with Crippen LogP contribution in [0.1, 0.15) is 61.3 Å². The molecular formula is C27H50O2Si2. The van der Waals surface area contributed by atoms with Crippen molar-refractivity contribution in [3.8, 4) is 12.3 Å². The minimum absolute atomic E-state index is 0.0864. The Morgan fingerprint density at radius 1 is 1.19 bits per heavy atom. The predicted octanol–water partition coefficient (Wildman–Crippen LogP) is 7.74. The van der Waals surface area contributed by atoms with Gasteiger partial charge in [-0.1, -0.05) is 60.5 Å². The smallest absolute Gasteiger partial charge is 0.192 e. The monoisotopic (exact) mass is 462 g/mol. The van der Waals surface area contributed by atoms with Crippen LogP contribution in [0.2, 0.25) is 37.8 Å². The van der Waals surface area contributed by atoms with Crippen molar-refractivity contribution >= 4 is 16.6 Å². The van der Waals surface area contributed by atoms with Crippen LogP contribution >= 0.6 is 0 Å². The van der Waals surface area contributed by atoms with Gasteiger partial charge in [0.1, 0.15) is 5.60 Å². The molecule has 0 aromatic rings. The van der Waals surface area contributed by atoms with Crippen molar-refractivity contribution in [2.75, 3.05) is 0 Å². The van der Waals surface area contributed by atoms with Crippen LogP contribution in [0.3, 0.4) is 0 Å². The Bertz CT molecular complexity index is 706. The SMILES string of the molecule is C#C[C@@]1(O[Si](C)(C)C)[C@H](C)C[C@@H]2C([C@@H]1[C@H](O[Si](C)(C)C(C)(C)C)[C@H](C)CC=C)C2(C)C. The highest BCUT2D eigenvalue weighted by Crippen LogP contribution is 2.72. The molecule has 2 saturated carbocycles. The van der Waals surface area contributed by atoms with Crippen LogP contribution < -0.4 is 0 Å². The van der Waals surface area contributed by atoms with Gasteiger partial charge < -0.3 is 8.85 Å². The van der Waals surface area contributed by atoms with Crippen molar-refractivity contribution in [2.24, 2.45) is 35.0 Å². The van der Waals surface area contributed by atoms with Gasteiger partial charge >= 0.3 is 0 Å². The van der Waals surface area contributed by atoms with E-state index < -0.39 is 22.2 Å². The van der Waals surface area contributed by atoms with Gasteiger partial charge in [-0.3, -0.25) is 0 Å². The fourth-order valence-corrected chi connectivity index (χ4v) is 8.77. The summed E-state index contributed by atoms with van der Waals surface area (Å²) in [6.45, 7) is 32.1. The summed E-state index contributed by atoms with van der Waals surface area (Å²) in [4.78, 5) is 0. The highest BCUT2D eigenvalue weighted by atomic mass is 28.4. The van der Waals surface area contributed by atoms with Crippen molar-refractivity contribution in [1.82, 2.24) is 0 Å². The van der Waals surface area contributed by atoms with Gasteiger partial charge in [0.05, 0.1) is 6.10 Å². The molecule has 2 fully saturated rings. The highest BCUT2D eigenvalue weighted by Gasteiger charge is 2.72. The summed E-state index contributed by atoms with van der Waals surface area (Å²) in [6, 6.07) is 0. The minimum atomic E-state index is -2.00. The Balaban J connectivity index is 2.66. The van der Waals surface area contributed by atoms with E-state index in [9.17, 15) is 0 Å². The van der Waals surface area contributed by atoms with E-state index in [0.717, 1.165) is 12.8 Å². The van der Waals surface area contributed by atoms with E-state index in [2.05, 4.69) is 93.7 Å². The van der Waals surface area contributed by atoms with Crippen LogP contribution in [-0.4, -0.2) is 28.3 Å². The summed E-state index contributed by atoms with van der Waals surface area (Å²) in [5.74, 6) is 5.47. The molecular weight excluding hydrogens is 412 g/mol. The molecule has 0 radical (unpaired) electrons. The van der Waals surface area contributed by atoms with Gasteiger partial charge in [0, 0.05) is 5.92 Å². The largest absolute Gasteiger partial charge is 0.413 e. The van der Waals surface area contributed by atoms with Crippen LogP contribution in [0.4, 0.5) is 0 Å². The van der Waals surface area contributed by atoms with Crippen LogP contribution in [0.5, 0.6) is 0 Å². The van der Waals surface area contributed by atoms with E-state index in [-0.39, 0.29) is 17.1 Å². The molecule has 1 unspecified atom stereocenters.